The fourth-order valence-corrected chi connectivity index (χ4v) is 3.64. The van der Waals surface area contributed by atoms with Crippen LogP contribution < -0.4 is 5.73 Å². The number of hydrogen-bond acceptors (Lipinski definition) is 3. The Kier molecular flexibility index (Phi) is 5.25. The smallest absolute Gasteiger partial charge is 0.325 e. The van der Waals surface area contributed by atoms with Gasteiger partial charge in [0.2, 0.25) is 5.91 Å². The number of carbonyl (C=O) groups is 2. The van der Waals surface area contributed by atoms with Crippen LogP contribution in [0.15, 0.2) is 0 Å². The SMILES string of the molecule is CCCCC1CCC(C(=O)N2CCC(N)(C(=O)O)C2)CC1. The van der Waals surface area contributed by atoms with E-state index in [2.05, 4.69) is 6.92 Å². The van der Waals surface area contributed by atoms with E-state index >= 15 is 0 Å². The Hall–Kier alpha value is -1.10. The van der Waals surface area contributed by atoms with E-state index < -0.39 is 11.5 Å². The van der Waals surface area contributed by atoms with Crippen LogP contribution in [0, 0.1) is 11.8 Å². The molecule has 0 aromatic carbocycles. The summed E-state index contributed by atoms with van der Waals surface area (Å²) >= 11 is 0. The molecule has 1 aliphatic carbocycles. The Balaban J connectivity index is 1.82. The maximum absolute atomic E-state index is 12.5. The van der Waals surface area contributed by atoms with Gasteiger partial charge in [-0.3, -0.25) is 9.59 Å². The van der Waals surface area contributed by atoms with Crippen molar-refractivity contribution in [3.63, 3.8) is 0 Å². The molecule has 5 nitrogen and oxygen atoms in total. The number of carboxylic acid groups (broad SMARTS) is 1. The molecule has 5 heteroatoms. The van der Waals surface area contributed by atoms with Crippen molar-refractivity contribution in [3.05, 3.63) is 0 Å². The number of carbonyl (C=O) groups excluding carboxylic acids is 1. The number of likely N-dealkylation sites (tertiary alicyclic amines) is 1. The van der Waals surface area contributed by atoms with Crippen molar-refractivity contribution >= 4 is 11.9 Å². The molecule has 1 unspecified atom stereocenters. The molecule has 0 bridgehead atoms. The molecular weight excluding hydrogens is 268 g/mol. The van der Waals surface area contributed by atoms with Gasteiger partial charge >= 0.3 is 5.97 Å². The molecule has 1 amide bonds. The summed E-state index contributed by atoms with van der Waals surface area (Å²) in [7, 11) is 0. The van der Waals surface area contributed by atoms with E-state index in [0.717, 1.165) is 31.6 Å². The van der Waals surface area contributed by atoms with Gasteiger partial charge in [-0.25, -0.2) is 0 Å². The Morgan fingerprint density at radius 2 is 1.95 bits per heavy atom. The third kappa shape index (κ3) is 3.76. The lowest BCUT2D eigenvalue weighted by molar-refractivity contribution is -0.143. The van der Waals surface area contributed by atoms with Gasteiger partial charge in [-0.15, -0.1) is 0 Å². The fraction of sp³-hybridized carbons (Fsp3) is 0.875. The molecule has 120 valence electrons. The van der Waals surface area contributed by atoms with Crippen molar-refractivity contribution in [2.24, 2.45) is 17.6 Å². The van der Waals surface area contributed by atoms with Crippen LogP contribution >= 0.6 is 0 Å². The van der Waals surface area contributed by atoms with Crippen LogP contribution in [-0.2, 0) is 9.59 Å². The predicted molar refractivity (Wildman–Crippen MR) is 80.7 cm³/mol. The number of unbranched alkanes of at least 4 members (excludes halogenated alkanes) is 1. The highest BCUT2D eigenvalue weighted by Gasteiger charge is 2.44. The number of nitrogens with zero attached hydrogens (tertiary/aromatic N) is 1. The van der Waals surface area contributed by atoms with Crippen molar-refractivity contribution in [1.29, 1.82) is 0 Å². The van der Waals surface area contributed by atoms with Crippen LogP contribution in [0.3, 0.4) is 0 Å². The van der Waals surface area contributed by atoms with Gasteiger partial charge in [0, 0.05) is 19.0 Å². The molecule has 0 radical (unpaired) electrons. The average Bonchev–Trinajstić information content (AvgIpc) is 2.89. The van der Waals surface area contributed by atoms with Crippen molar-refractivity contribution in [2.75, 3.05) is 13.1 Å². The Morgan fingerprint density at radius 1 is 1.29 bits per heavy atom. The molecule has 0 aromatic heterocycles. The fourth-order valence-electron chi connectivity index (χ4n) is 3.64. The molecular formula is C16H28N2O3. The largest absolute Gasteiger partial charge is 0.480 e. The maximum Gasteiger partial charge on any atom is 0.325 e. The lowest BCUT2D eigenvalue weighted by Gasteiger charge is -2.31. The molecule has 21 heavy (non-hydrogen) atoms. The van der Waals surface area contributed by atoms with Crippen molar-refractivity contribution in [2.45, 2.75) is 63.8 Å². The van der Waals surface area contributed by atoms with Gasteiger partial charge in [0.25, 0.3) is 0 Å². The summed E-state index contributed by atoms with van der Waals surface area (Å²) in [5.74, 6) is -0.0159. The maximum atomic E-state index is 12.5. The second kappa shape index (κ2) is 6.77. The lowest BCUT2D eigenvalue weighted by Crippen LogP contribution is -2.51. The van der Waals surface area contributed by atoms with Gasteiger partial charge in [0.15, 0.2) is 0 Å². The van der Waals surface area contributed by atoms with Gasteiger partial charge in [-0.2, -0.15) is 0 Å². The molecule has 2 fully saturated rings. The Bertz CT molecular complexity index is 391. The van der Waals surface area contributed by atoms with Gasteiger partial charge in [0.05, 0.1) is 0 Å². The van der Waals surface area contributed by atoms with Crippen LogP contribution in [0.5, 0.6) is 0 Å². The van der Waals surface area contributed by atoms with Crippen LogP contribution in [0.2, 0.25) is 0 Å². The minimum Gasteiger partial charge on any atom is -0.480 e. The van der Waals surface area contributed by atoms with E-state index in [-0.39, 0.29) is 18.4 Å². The van der Waals surface area contributed by atoms with Gasteiger partial charge in [-0.05, 0) is 38.0 Å². The summed E-state index contributed by atoms with van der Waals surface area (Å²) in [6.45, 7) is 2.86. The molecule has 3 N–H and O–H groups in total. The minimum absolute atomic E-state index is 0.0824. The second-order valence-electron chi connectivity index (χ2n) is 6.83. The first-order chi connectivity index (χ1) is 9.96. The van der Waals surface area contributed by atoms with E-state index in [1.807, 2.05) is 0 Å². The monoisotopic (exact) mass is 296 g/mol. The number of aliphatic carboxylic acids is 1. The summed E-state index contributed by atoms with van der Waals surface area (Å²) in [6, 6.07) is 0. The Labute approximate surface area is 126 Å². The van der Waals surface area contributed by atoms with Crippen molar-refractivity contribution in [3.8, 4) is 0 Å². The van der Waals surface area contributed by atoms with Crippen molar-refractivity contribution in [1.82, 2.24) is 4.90 Å². The van der Waals surface area contributed by atoms with E-state index in [9.17, 15) is 9.59 Å². The summed E-state index contributed by atoms with van der Waals surface area (Å²) < 4.78 is 0. The van der Waals surface area contributed by atoms with E-state index in [1.54, 1.807) is 4.90 Å². The van der Waals surface area contributed by atoms with Gasteiger partial charge in [0.1, 0.15) is 5.54 Å². The molecule has 1 heterocycles. The van der Waals surface area contributed by atoms with E-state index in [0.29, 0.717) is 13.0 Å². The summed E-state index contributed by atoms with van der Waals surface area (Å²) in [5.41, 5.74) is 4.60. The number of rotatable bonds is 5. The Morgan fingerprint density at radius 3 is 2.48 bits per heavy atom. The highest BCUT2D eigenvalue weighted by molar-refractivity contribution is 5.84. The third-order valence-corrected chi connectivity index (χ3v) is 5.20. The van der Waals surface area contributed by atoms with Crippen LogP contribution in [0.25, 0.3) is 0 Å². The average molecular weight is 296 g/mol. The van der Waals surface area contributed by atoms with Crippen molar-refractivity contribution < 1.29 is 14.7 Å². The quantitative estimate of drug-likeness (QED) is 0.812. The number of carboxylic acids is 1. The first-order valence-electron chi connectivity index (χ1n) is 8.27. The van der Waals surface area contributed by atoms with Gasteiger partial charge in [-0.1, -0.05) is 26.2 Å². The first kappa shape index (κ1) is 16.3. The lowest BCUT2D eigenvalue weighted by atomic mass is 9.79. The van der Waals surface area contributed by atoms with Crippen LogP contribution in [-0.4, -0.2) is 40.5 Å². The van der Waals surface area contributed by atoms with E-state index in [1.165, 1.54) is 19.3 Å². The summed E-state index contributed by atoms with van der Waals surface area (Å²) in [4.78, 5) is 25.3. The molecule has 2 rings (SSSR count). The molecule has 0 aromatic rings. The van der Waals surface area contributed by atoms with Crippen LogP contribution in [0.4, 0.5) is 0 Å². The standard InChI is InChI=1S/C16H28N2O3/c1-2-3-4-12-5-7-13(8-6-12)14(19)18-10-9-16(17,11-18)15(20)21/h12-13H,2-11,17H2,1H3,(H,20,21). The first-order valence-corrected chi connectivity index (χ1v) is 8.27. The van der Waals surface area contributed by atoms with E-state index in [4.69, 9.17) is 10.8 Å². The zero-order valence-corrected chi connectivity index (χ0v) is 13.0. The molecule has 0 spiro atoms. The zero-order valence-electron chi connectivity index (χ0n) is 13.0. The molecule has 2 aliphatic rings. The van der Waals surface area contributed by atoms with Crippen LogP contribution in [0.1, 0.15) is 58.3 Å². The highest BCUT2D eigenvalue weighted by atomic mass is 16.4. The second-order valence-corrected chi connectivity index (χ2v) is 6.83. The molecule has 1 saturated heterocycles. The minimum atomic E-state index is -1.24. The zero-order chi connectivity index (χ0) is 15.5. The number of hydrogen-bond donors (Lipinski definition) is 2. The normalized spacial score (nSPS) is 33.1. The number of amides is 1. The highest BCUT2D eigenvalue weighted by Crippen LogP contribution is 2.34. The molecule has 1 atom stereocenters. The topological polar surface area (TPSA) is 83.6 Å². The third-order valence-electron chi connectivity index (χ3n) is 5.20. The molecule has 1 saturated carbocycles. The van der Waals surface area contributed by atoms with Gasteiger partial charge < -0.3 is 15.7 Å². The summed E-state index contributed by atoms with van der Waals surface area (Å²) in [5, 5.41) is 9.14. The number of nitrogens with two attached hydrogens (primary N) is 1. The predicted octanol–water partition coefficient (Wildman–Crippen LogP) is 2.00. The summed E-state index contributed by atoms with van der Waals surface area (Å²) in [6.07, 6.45) is 8.34. The molecule has 1 aliphatic heterocycles.